The first kappa shape index (κ1) is 19.4. The van der Waals surface area contributed by atoms with Crippen molar-refractivity contribution in [2.45, 2.75) is 50.7 Å². The Kier molecular flexibility index (Phi) is 6.28. The van der Waals surface area contributed by atoms with E-state index in [1.165, 1.54) is 16.3 Å². The highest BCUT2D eigenvalue weighted by Crippen LogP contribution is 2.23. The molecule has 0 spiro atoms. The second kappa shape index (κ2) is 9.06. The normalized spacial score (nSPS) is 20.0. The van der Waals surface area contributed by atoms with Crippen molar-refractivity contribution in [3.05, 3.63) is 48.0 Å². The molecular formula is C24H32N2O2. The van der Waals surface area contributed by atoms with Gasteiger partial charge in [-0.05, 0) is 48.4 Å². The molecule has 2 fully saturated rings. The van der Waals surface area contributed by atoms with E-state index in [2.05, 4.69) is 52.3 Å². The zero-order chi connectivity index (χ0) is 19.3. The monoisotopic (exact) mass is 380 g/mol. The van der Waals surface area contributed by atoms with E-state index in [9.17, 15) is 4.79 Å². The zero-order valence-corrected chi connectivity index (χ0v) is 17.0. The molecule has 4 rings (SSSR count). The highest BCUT2D eigenvalue weighted by molar-refractivity contribution is 5.86. The summed E-state index contributed by atoms with van der Waals surface area (Å²) < 4.78 is 5.49. The number of rotatable bonds is 5. The Morgan fingerprint density at radius 3 is 2.43 bits per heavy atom. The predicted octanol–water partition coefficient (Wildman–Crippen LogP) is 3.87. The molecule has 150 valence electrons. The Balaban J connectivity index is 1.26. The molecule has 0 bridgehead atoms. The van der Waals surface area contributed by atoms with Crippen LogP contribution in [0.4, 0.5) is 0 Å². The van der Waals surface area contributed by atoms with Gasteiger partial charge in [-0.1, -0.05) is 42.5 Å². The standard InChI is InChI=1S/C24H32N2O2/c1-28-22-13-17-25(18-14-22)21-11-15-26(16-12-21)24(27)10-9-20-7-4-6-19-5-2-3-8-23(19)20/h2-8,21-22H,9-18H2,1H3. The lowest BCUT2D eigenvalue weighted by molar-refractivity contribution is -0.132. The summed E-state index contributed by atoms with van der Waals surface area (Å²) in [6, 6.07) is 15.5. The SMILES string of the molecule is COC1CCN(C2CCN(C(=O)CCc3cccc4ccccc34)CC2)CC1. The third kappa shape index (κ3) is 4.39. The molecule has 28 heavy (non-hydrogen) atoms. The summed E-state index contributed by atoms with van der Waals surface area (Å²) >= 11 is 0. The van der Waals surface area contributed by atoms with Gasteiger partial charge in [0.05, 0.1) is 6.10 Å². The van der Waals surface area contributed by atoms with Crippen molar-refractivity contribution in [1.82, 2.24) is 9.80 Å². The third-order valence-electron chi connectivity index (χ3n) is 6.63. The minimum atomic E-state index is 0.310. The van der Waals surface area contributed by atoms with Crippen LogP contribution < -0.4 is 0 Å². The fourth-order valence-electron chi connectivity index (χ4n) is 4.87. The van der Waals surface area contributed by atoms with E-state index in [1.807, 2.05) is 7.11 Å². The van der Waals surface area contributed by atoms with Crippen molar-refractivity contribution in [1.29, 1.82) is 0 Å². The fraction of sp³-hybridized carbons (Fsp3) is 0.542. The molecule has 2 heterocycles. The van der Waals surface area contributed by atoms with Gasteiger partial charge >= 0.3 is 0 Å². The van der Waals surface area contributed by atoms with E-state index in [4.69, 9.17) is 4.74 Å². The number of amides is 1. The van der Waals surface area contributed by atoms with E-state index in [-0.39, 0.29) is 0 Å². The van der Waals surface area contributed by atoms with Crippen molar-refractivity contribution in [2.24, 2.45) is 0 Å². The largest absolute Gasteiger partial charge is 0.381 e. The molecule has 2 aliphatic rings. The second-order valence-electron chi connectivity index (χ2n) is 8.22. The lowest BCUT2D eigenvalue weighted by Gasteiger charge is -2.41. The van der Waals surface area contributed by atoms with Gasteiger partial charge in [0.1, 0.15) is 0 Å². The van der Waals surface area contributed by atoms with E-state index in [1.54, 1.807) is 0 Å². The van der Waals surface area contributed by atoms with E-state index in [0.29, 0.717) is 24.5 Å². The van der Waals surface area contributed by atoms with Crippen molar-refractivity contribution in [3.63, 3.8) is 0 Å². The van der Waals surface area contributed by atoms with Gasteiger partial charge in [-0.15, -0.1) is 0 Å². The van der Waals surface area contributed by atoms with Crippen LogP contribution in [0.15, 0.2) is 42.5 Å². The van der Waals surface area contributed by atoms with Gasteiger partial charge in [0.25, 0.3) is 0 Å². The smallest absolute Gasteiger partial charge is 0.222 e. The highest BCUT2D eigenvalue weighted by atomic mass is 16.5. The summed E-state index contributed by atoms with van der Waals surface area (Å²) in [7, 11) is 1.82. The number of benzene rings is 2. The molecule has 2 saturated heterocycles. The van der Waals surface area contributed by atoms with Crippen LogP contribution >= 0.6 is 0 Å². The Morgan fingerprint density at radius 1 is 0.964 bits per heavy atom. The lowest BCUT2D eigenvalue weighted by Crippen LogP contribution is -2.49. The molecule has 4 heteroatoms. The second-order valence-corrected chi connectivity index (χ2v) is 8.22. The molecule has 1 amide bonds. The number of ether oxygens (including phenoxy) is 1. The average Bonchev–Trinajstić information content (AvgIpc) is 2.77. The number of likely N-dealkylation sites (tertiary alicyclic amines) is 2. The summed E-state index contributed by atoms with van der Waals surface area (Å²) in [6.07, 6.45) is 6.37. The van der Waals surface area contributed by atoms with E-state index >= 15 is 0 Å². The number of carbonyl (C=O) groups is 1. The molecule has 0 saturated carbocycles. The maximum atomic E-state index is 12.8. The summed E-state index contributed by atoms with van der Waals surface area (Å²) in [5.74, 6) is 0.310. The van der Waals surface area contributed by atoms with Gasteiger partial charge in [-0.3, -0.25) is 4.79 Å². The maximum Gasteiger partial charge on any atom is 0.222 e. The number of fused-ring (bicyclic) bond motifs is 1. The predicted molar refractivity (Wildman–Crippen MR) is 113 cm³/mol. The van der Waals surface area contributed by atoms with Crippen LogP contribution in [-0.4, -0.2) is 61.1 Å². The lowest BCUT2D eigenvalue weighted by atomic mass is 9.98. The number of nitrogens with zero attached hydrogens (tertiary/aromatic N) is 2. The number of methoxy groups -OCH3 is 1. The Morgan fingerprint density at radius 2 is 1.68 bits per heavy atom. The molecule has 2 aliphatic heterocycles. The summed E-state index contributed by atoms with van der Waals surface area (Å²) in [5, 5.41) is 2.53. The van der Waals surface area contributed by atoms with Crippen molar-refractivity contribution in [3.8, 4) is 0 Å². The molecule has 0 N–H and O–H groups in total. The minimum absolute atomic E-state index is 0.310. The molecule has 0 radical (unpaired) electrons. The zero-order valence-electron chi connectivity index (χ0n) is 17.0. The van der Waals surface area contributed by atoms with Gasteiger partial charge in [-0.25, -0.2) is 0 Å². The number of aryl methyl sites for hydroxylation is 1. The number of hydrogen-bond donors (Lipinski definition) is 0. The average molecular weight is 381 g/mol. The van der Waals surface area contributed by atoms with Crippen LogP contribution in [0, 0.1) is 0 Å². The topological polar surface area (TPSA) is 32.8 Å². The quantitative estimate of drug-likeness (QED) is 0.789. The summed E-state index contributed by atoms with van der Waals surface area (Å²) in [5.41, 5.74) is 1.28. The summed E-state index contributed by atoms with van der Waals surface area (Å²) in [4.78, 5) is 17.5. The molecule has 4 nitrogen and oxygen atoms in total. The Hall–Kier alpha value is -1.91. The van der Waals surface area contributed by atoms with Gasteiger partial charge < -0.3 is 14.5 Å². The first-order valence-electron chi connectivity index (χ1n) is 10.8. The van der Waals surface area contributed by atoms with Gasteiger partial charge in [0.2, 0.25) is 5.91 Å². The first-order chi connectivity index (χ1) is 13.7. The van der Waals surface area contributed by atoms with Crippen LogP contribution in [0.2, 0.25) is 0 Å². The van der Waals surface area contributed by atoms with E-state index < -0.39 is 0 Å². The van der Waals surface area contributed by atoms with Gasteiger partial charge in [0.15, 0.2) is 0 Å². The van der Waals surface area contributed by atoms with Crippen molar-refractivity contribution >= 4 is 16.7 Å². The van der Waals surface area contributed by atoms with Gasteiger partial charge in [-0.2, -0.15) is 0 Å². The molecule has 2 aromatic carbocycles. The molecule has 0 atom stereocenters. The Bertz CT molecular complexity index is 785. The number of piperidine rings is 2. The van der Waals surface area contributed by atoms with Crippen LogP contribution in [0.1, 0.15) is 37.7 Å². The Labute approximate surface area is 168 Å². The number of carbonyl (C=O) groups excluding carboxylic acids is 1. The number of hydrogen-bond acceptors (Lipinski definition) is 3. The molecule has 0 aromatic heterocycles. The first-order valence-corrected chi connectivity index (χ1v) is 10.8. The fourth-order valence-corrected chi connectivity index (χ4v) is 4.87. The van der Waals surface area contributed by atoms with Gasteiger partial charge in [0, 0.05) is 45.8 Å². The molecule has 0 aliphatic carbocycles. The van der Waals surface area contributed by atoms with Crippen LogP contribution in [0.5, 0.6) is 0 Å². The third-order valence-corrected chi connectivity index (χ3v) is 6.63. The molecular weight excluding hydrogens is 348 g/mol. The van der Waals surface area contributed by atoms with E-state index in [0.717, 1.165) is 58.3 Å². The maximum absolute atomic E-state index is 12.8. The molecule has 0 unspecified atom stereocenters. The van der Waals surface area contributed by atoms with Crippen LogP contribution in [-0.2, 0) is 16.0 Å². The van der Waals surface area contributed by atoms with Crippen LogP contribution in [0.25, 0.3) is 10.8 Å². The van der Waals surface area contributed by atoms with Crippen molar-refractivity contribution in [2.75, 3.05) is 33.3 Å². The minimum Gasteiger partial charge on any atom is -0.381 e. The van der Waals surface area contributed by atoms with Crippen molar-refractivity contribution < 1.29 is 9.53 Å². The summed E-state index contributed by atoms with van der Waals surface area (Å²) in [6.45, 7) is 4.09. The molecule has 2 aromatic rings. The van der Waals surface area contributed by atoms with Crippen LogP contribution in [0.3, 0.4) is 0 Å². The highest BCUT2D eigenvalue weighted by Gasteiger charge is 2.29.